The summed E-state index contributed by atoms with van der Waals surface area (Å²) in [5.41, 5.74) is 1.23. The number of nitrogens with zero attached hydrogens (tertiary/aromatic N) is 1. The van der Waals surface area contributed by atoms with Gasteiger partial charge in [0, 0.05) is 30.2 Å². The lowest BCUT2D eigenvalue weighted by molar-refractivity contribution is 0.0919. The van der Waals surface area contributed by atoms with Crippen LogP contribution in [0.25, 0.3) is 0 Å². The van der Waals surface area contributed by atoms with Crippen LogP contribution in [0.4, 0.5) is 0 Å². The van der Waals surface area contributed by atoms with E-state index in [0.29, 0.717) is 12.1 Å². The molecule has 3 unspecified atom stereocenters. The molecule has 0 aromatic heterocycles. The Balaban J connectivity index is 0.00000280. The lowest BCUT2D eigenvalue weighted by atomic mass is 9.99. The van der Waals surface area contributed by atoms with E-state index in [9.17, 15) is 13.2 Å². The van der Waals surface area contributed by atoms with Gasteiger partial charge < -0.3 is 10.6 Å². The van der Waals surface area contributed by atoms with Crippen LogP contribution in [0.2, 0.25) is 0 Å². The van der Waals surface area contributed by atoms with E-state index in [1.807, 2.05) is 13.8 Å². The van der Waals surface area contributed by atoms with Crippen molar-refractivity contribution in [2.24, 2.45) is 0 Å². The van der Waals surface area contributed by atoms with Crippen LogP contribution in [0, 0.1) is 6.92 Å². The number of aryl methyl sites for hydroxylation is 1. The summed E-state index contributed by atoms with van der Waals surface area (Å²) in [5, 5.41) is 6.45. The predicted molar refractivity (Wildman–Crippen MR) is 114 cm³/mol. The molecule has 1 amide bonds. The highest BCUT2D eigenvalue weighted by atomic mass is 35.5. The van der Waals surface area contributed by atoms with Crippen molar-refractivity contribution in [3.63, 3.8) is 0 Å². The fraction of sp³-hybridized carbons (Fsp3) is 0.650. The van der Waals surface area contributed by atoms with Crippen molar-refractivity contribution >= 4 is 28.3 Å². The van der Waals surface area contributed by atoms with Gasteiger partial charge in [-0.1, -0.05) is 12.5 Å². The van der Waals surface area contributed by atoms with Crippen molar-refractivity contribution in [3.8, 4) is 0 Å². The second-order valence-corrected chi connectivity index (χ2v) is 9.79. The van der Waals surface area contributed by atoms with Crippen LogP contribution in [-0.2, 0) is 10.0 Å². The van der Waals surface area contributed by atoms with Gasteiger partial charge in [0.1, 0.15) is 0 Å². The smallest absolute Gasteiger partial charge is 0.251 e. The summed E-state index contributed by atoms with van der Waals surface area (Å²) in [6.45, 7) is 7.38. The van der Waals surface area contributed by atoms with Crippen LogP contribution in [-0.4, -0.2) is 49.8 Å². The topological polar surface area (TPSA) is 78.5 Å². The highest BCUT2D eigenvalue weighted by molar-refractivity contribution is 7.89. The Morgan fingerprint density at radius 2 is 1.93 bits per heavy atom. The van der Waals surface area contributed by atoms with Crippen molar-refractivity contribution in [1.29, 1.82) is 0 Å². The fourth-order valence-corrected chi connectivity index (χ4v) is 5.78. The molecule has 2 aliphatic heterocycles. The van der Waals surface area contributed by atoms with Gasteiger partial charge in [-0.15, -0.1) is 12.4 Å². The average Bonchev–Trinajstić information content (AvgIpc) is 2.64. The summed E-state index contributed by atoms with van der Waals surface area (Å²) in [4.78, 5) is 13.1. The van der Waals surface area contributed by atoms with Gasteiger partial charge in [-0.05, 0) is 70.7 Å². The maximum atomic E-state index is 13.1. The van der Waals surface area contributed by atoms with E-state index in [0.717, 1.165) is 44.2 Å². The van der Waals surface area contributed by atoms with Crippen LogP contribution in [0.1, 0.15) is 61.9 Å². The van der Waals surface area contributed by atoms with E-state index in [2.05, 4.69) is 17.6 Å². The first-order valence-electron chi connectivity index (χ1n) is 9.97. The number of benzene rings is 1. The van der Waals surface area contributed by atoms with Crippen molar-refractivity contribution in [2.75, 3.05) is 13.1 Å². The Morgan fingerprint density at radius 3 is 2.61 bits per heavy atom. The zero-order valence-corrected chi connectivity index (χ0v) is 18.5. The maximum absolute atomic E-state index is 13.1. The first kappa shape index (κ1) is 23.1. The molecule has 158 valence electrons. The molecule has 2 N–H and O–H groups in total. The standard InChI is InChI=1S/C20H31N3O3S.ClH/c1-14-9-10-17(27(25,26)23-12-5-4-7-15(23)2)13-18(14)20(24)22-19-8-6-11-21-16(19)3;/h9-10,13,15-16,19,21H,4-8,11-12H2,1-3H3,(H,22,24);1H. The van der Waals surface area contributed by atoms with Crippen molar-refractivity contribution in [2.45, 2.75) is 75.9 Å². The molecule has 0 bridgehead atoms. The molecule has 3 atom stereocenters. The molecule has 0 aliphatic carbocycles. The van der Waals surface area contributed by atoms with Crippen LogP contribution < -0.4 is 10.6 Å². The van der Waals surface area contributed by atoms with Gasteiger partial charge in [-0.25, -0.2) is 8.42 Å². The molecule has 0 spiro atoms. The normalized spacial score (nSPS) is 26.3. The molecule has 0 radical (unpaired) electrons. The molecular formula is C20H32ClN3O3S. The van der Waals surface area contributed by atoms with Crippen LogP contribution in [0.5, 0.6) is 0 Å². The minimum atomic E-state index is -3.59. The molecule has 28 heavy (non-hydrogen) atoms. The van der Waals surface area contributed by atoms with Crippen LogP contribution in [0.15, 0.2) is 23.1 Å². The Labute approximate surface area is 174 Å². The molecule has 2 heterocycles. The SMILES string of the molecule is Cc1ccc(S(=O)(=O)N2CCCCC2C)cc1C(=O)NC1CCCNC1C.Cl. The van der Waals surface area contributed by atoms with Gasteiger partial charge in [-0.3, -0.25) is 4.79 Å². The number of amides is 1. The zero-order valence-electron chi connectivity index (χ0n) is 16.9. The Morgan fingerprint density at radius 1 is 1.18 bits per heavy atom. The molecule has 1 aromatic carbocycles. The van der Waals surface area contributed by atoms with Crippen LogP contribution in [0.3, 0.4) is 0 Å². The summed E-state index contributed by atoms with van der Waals surface area (Å²) in [7, 11) is -3.59. The molecule has 3 rings (SSSR count). The zero-order chi connectivity index (χ0) is 19.6. The van der Waals surface area contributed by atoms with Crippen LogP contribution >= 0.6 is 12.4 Å². The maximum Gasteiger partial charge on any atom is 0.251 e. The predicted octanol–water partition coefficient (Wildman–Crippen LogP) is 2.85. The van der Waals surface area contributed by atoms with Gasteiger partial charge in [0.05, 0.1) is 4.90 Å². The Kier molecular flexibility index (Phi) is 7.90. The average molecular weight is 430 g/mol. The van der Waals surface area contributed by atoms with E-state index in [1.165, 1.54) is 0 Å². The molecule has 0 saturated carbocycles. The van der Waals surface area contributed by atoms with Gasteiger partial charge in [0.15, 0.2) is 0 Å². The van der Waals surface area contributed by atoms with E-state index in [4.69, 9.17) is 0 Å². The molecule has 8 heteroatoms. The van der Waals surface area contributed by atoms with Gasteiger partial charge in [-0.2, -0.15) is 4.31 Å². The number of carbonyl (C=O) groups excluding carboxylic acids is 1. The molecule has 2 saturated heterocycles. The monoisotopic (exact) mass is 429 g/mol. The Bertz CT molecular complexity index is 800. The van der Waals surface area contributed by atoms with Gasteiger partial charge in [0.2, 0.25) is 10.0 Å². The largest absolute Gasteiger partial charge is 0.348 e. The lowest BCUT2D eigenvalue weighted by Gasteiger charge is -2.32. The highest BCUT2D eigenvalue weighted by Crippen LogP contribution is 2.26. The van der Waals surface area contributed by atoms with E-state index in [1.54, 1.807) is 22.5 Å². The second-order valence-electron chi connectivity index (χ2n) is 7.90. The molecule has 6 nitrogen and oxygen atoms in total. The number of sulfonamides is 1. The van der Waals surface area contributed by atoms with E-state index >= 15 is 0 Å². The summed E-state index contributed by atoms with van der Waals surface area (Å²) in [6, 6.07) is 5.17. The van der Waals surface area contributed by atoms with Gasteiger partial charge >= 0.3 is 0 Å². The van der Waals surface area contributed by atoms with Crippen molar-refractivity contribution < 1.29 is 13.2 Å². The number of hydrogen-bond donors (Lipinski definition) is 2. The highest BCUT2D eigenvalue weighted by Gasteiger charge is 2.32. The third-order valence-electron chi connectivity index (χ3n) is 5.88. The number of carbonyl (C=O) groups is 1. The molecular weight excluding hydrogens is 398 g/mol. The fourth-order valence-electron chi connectivity index (χ4n) is 4.06. The first-order chi connectivity index (χ1) is 12.8. The first-order valence-corrected chi connectivity index (χ1v) is 11.4. The van der Waals surface area contributed by atoms with Gasteiger partial charge in [0.25, 0.3) is 5.91 Å². The number of rotatable bonds is 4. The number of nitrogens with one attached hydrogen (secondary N) is 2. The number of halogens is 1. The minimum Gasteiger partial charge on any atom is -0.348 e. The minimum absolute atomic E-state index is 0. The lowest BCUT2D eigenvalue weighted by Crippen LogP contribution is -2.52. The second kappa shape index (κ2) is 9.57. The number of hydrogen-bond acceptors (Lipinski definition) is 4. The molecule has 2 fully saturated rings. The van der Waals surface area contributed by atoms with E-state index < -0.39 is 10.0 Å². The summed E-state index contributed by atoms with van der Waals surface area (Å²) >= 11 is 0. The third-order valence-corrected chi connectivity index (χ3v) is 7.89. The molecule has 2 aliphatic rings. The van der Waals surface area contributed by atoms with E-state index in [-0.39, 0.29) is 41.3 Å². The summed E-state index contributed by atoms with van der Waals surface area (Å²) in [5.74, 6) is -0.197. The summed E-state index contributed by atoms with van der Waals surface area (Å²) < 4.78 is 27.8. The number of piperidine rings is 2. The van der Waals surface area contributed by atoms with Crippen molar-refractivity contribution in [1.82, 2.24) is 14.9 Å². The Hall–Kier alpha value is -1.15. The quantitative estimate of drug-likeness (QED) is 0.771. The van der Waals surface area contributed by atoms with Crippen molar-refractivity contribution in [3.05, 3.63) is 29.3 Å². The summed E-state index contributed by atoms with van der Waals surface area (Å²) in [6.07, 6.45) is 4.78. The third kappa shape index (κ3) is 4.87. The molecule has 1 aromatic rings.